The average Bonchev–Trinajstić information content (AvgIpc) is 2.55. The monoisotopic (exact) mass is 431 g/mol. The van der Waals surface area contributed by atoms with E-state index in [1.807, 2.05) is 0 Å². The molecule has 0 atom stereocenters. The van der Waals surface area contributed by atoms with Crippen molar-refractivity contribution in [3.63, 3.8) is 0 Å². The van der Waals surface area contributed by atoms with E-state index in [0.29, 0.717) is 26.5 Å². The first-order chi connectivity index (χ1) is 12.3. The number of amides is 2. The average molecular weight is 433 g/mol. The van der Waals surface area contributed by atoms with Crippen molar-refractivity contribution in [1.29, 1.82) is 0 Å². The number of carbonyl (C=O) groups is 2. The van der Waals surface area contributed by atoms with E-state index in [1.165, 1.54) is 18.2 Å². The zero-order valence-corrected chi connectivity index (χ0v) is 16.5. The van der Waals surface area contributed by atoms with Gasteiger partial charge in [-0.15, -0.1) is 0 Å². The molecule has 0 radical (unpaired) electrons. The predicted molar refractivity (Wildman–Crippen MR) is 107 cm³/mol. The van der Waals surface area contributed by atoms with Gasteiger partial charge in [0.25, 0.3) is 5.91 Å². The summed E-state index contributed by atoms with van der Waals surface area (Å²) in [5, 5.41) is 7.96. The van der Waals surface area contributed by atoms with Crippen LogP contribution in [0.4, 0.5) is 5.69 Å². The van der Waals surface area contributed by atoms with Gasteiger partial charge in [0.15, 0.2) is 0 Å². The molecule has 2 aromatic rings. The topological polar surface area (TPSA) is 70.6 Å². The second kappa shape index (κ2) is 9.24. The minimum atomic E-state index is -0.507. The van der Waals surface area contributed by atoms with Crippen molar-refractivity contribution in [1.82, 2.24) is 5.43 Å². The summed E-state index contributed by atoms with van der Waals surface area (Å²) in [6, 6.07) is 9.22. The Morgan fingerprint density at radius 1 is 0.962 bits per heavy atom. The Hall–Kier alpha value is -1.79. The number of nitrogens with zero attached hydrogens (tertiary/aromatic N) is 1. The van der Waals surface area contributed by atoms with Crippen LogP contribution in [0.25, 0.3) is 0 Å². The molecule has 2 N–H and O–H groups in total. The zero-order valence-electron chi connectivity index (χ0n) is 13.4. The van der Waals surface area contributed by atoms with Gasteiger partial charge in [0.2, 0.25) is 5.91 Å². The van der Waals surface area contributed by atoms with Crippen LogP contribution in [-0.2, 0) is 4.79 Å². The van der Waals surface area contributed by atoms with Gasteiger partial charge in [-0.3, -0.25) is 9.59 Å². The highest BCUT2D eigenvalue weighted by Crippen LogP contribution is 2.25. The van der Waals surface area contributed by atoms with Crippen LogP contribution in [-0.4, -0.2) is 17.5 Å². The van der Waals surface area contributed by atoms with Gasteiger partial charge in [-0.05, 0) is 43.3 Å². The lowest BCUT2D eigenvalue weighted by Gasteiger charge is -2.08. The Bertz CT molecular complexity index is 884. The van der Waals surface area contributed by atoms with E-state index < -0.39 is 5.91 Å². The molecule has 9 heteroatoms. The summed E-state index contributed by atoms with van der Waals surface area (Å²) >= 11 is 23.6. The summed E-state index contributed by atoms with van der Waals surface area (Å²) in [7, 11) is 0. The van der Waals surface area contributed by atoms with Gasteiger partial charge in [0, 0.05) is 15.8 Å². The van der Waals surface area contributed by atoms with E-state index >= 15 is 0 Å². The van der Waals surface area contributed by atoms with Crippen molar-refractivity contribution < 1.29 is 9.59 Å². The van der Waals surface area contributed by atoms with Crippen molar-refractivity contribution in [2.45, 2.75) is 13.3 Å². The highest BCUT2D eigenvalue weighted by molar-refractivity contribution is 6.37. The third-order valence-corrected chi connectivity index (χ3v) is 4.24. The maximum atomic E-state index is 12.1. The number of rotatable bonds is 5. The second-order valence-corrected chi connectivity index (χ2v) is 6.95. The molecule has 0 fully saturated rings. The maximum absolute atomic E-state index is 12.1. The lowest BCUT2D eigenvalue weighted by molar-refractivity contribution is -0.115. The molecule has 0 heterocycles. The number of hydrogen-bond donors (Lipinski definition) is 2. The smallest absolute Gasteiger partial charge is 0.272 e. The van der Waals surface area contributed by atoms with E-state index in [2.05, 4.69) is 15.8 Å². The number of hydrazone groups is 1. The molecule has 0 unspecified atom stereocenters. The highest BCUT2D eigenvalue weighted by Gasteiger charge is 2.11. The molecule has 5 nitrogen and oxygen atoms in total. The lowest BCUT2D eigenvalue weighted by Crippen LogP contribution is -2.21. The van der Waals surface area contributed by atoms with Gasteiger partial charge >= 0.3 is 0 Å². The van der Waals surface area contributed by atoms with Crippen molar-refractivity contribution >= 4 is 69.6 Å². The lowest BCUT2D eigenvalue weighted by atomic mass is 10.2. The van der Waals surface area contributed by atoms with E-state index in [-0.39, 0.29) is 22.9 Å². The van der Waals surface area contributed by atoms with Crippen molar-refractivity contribution in [2.75, 3.05) is 5.32 Å². The normalized spacial score (nSPS) is 11.2. The molecular formula is C17H13Cl4N3O2. The van der Waals surface area contributed by atoms with Crippen molar-refractivity contribution in [3.8, 4) is 0 Å². The van der Waals surface area contributed by atoms with E-state index in [4.69, 9.17) is 46.4 Å². The molecule has 2 rings (SSSR count). The molecule has 0 aliphatic heterocycles. The van der Waals surface area contributed by atoms with Crippen LogP contribution >= 0.6 is 46.4 Å². The molecule has 0 saturated carbocycles. The SMILES string of the molecule is C/C(CC(=O)Nc1ccc(Cl)cc1Cl)=N/NC(=O)c1ccc(Cl)cc1Cl. The van der Waals surface area contributed by atoms with Crippen LogP contribution < -0.4 is 10.7 Å². The van der Waals surface area contributed by atoms with Crippen LogP contribution in [0.1, 0.15) is 23.7 Å². The summed E-state index contributed by atoms with van der Waals surface area (Å²) in [5.74, 6) is -0.846. The van der Waals surface area contributed by atoms with Crippen LogP contribution in [0.15, 0.2) is 41.5 Å². The molecule has 0 spiro atoms. The molecule has 2 amide bonds. The third kappa shape index (κ3) is 5.88. The molecule has 26 heavy (non-hydrogen) atoms. The number of benzene rings is 2. The van der Waals surface area contributed by atoms with Gasteiger partial charge in [-0.1, -0.05) is 46.4 Å². The minimum Gasteiger partial charge on any atom is -0.324 e. The van der Waals surface area contributed by atoms with Gasteiger partial charge in [0.05, 0.1) is 27.7 Å². The van der Waals surface area contributed by atoms with Gasteiger partial charge in [-0.2, -0.15) is 5.10 Å². The summed E-state index contributed by atoms with van der Waals surface area (Å²) in [6.07, 6.45) is -0.0341. The first kappa shape index (κ1) is 20.5. The number of carbonyl (C=O) groups excluding carboxylic acids is 2. The summed E-state index contributed by atoms with van der Waals surface area (Å²) < 4.78 is 0. The second-order valence-electron chi connectivity index (χ2n) is 5.26. The highest BCUT2D eigenvalue weighted by atomic mass is 35.5. The van der Waals surface area contributed by atoms with Crippen LogP contribution in [0.2, 0.25) is 20.1 Å². The predicted octanol–water partition coefficient (Wildman–Crippen LogP) is 5.43. The fourth-order valence-electron chi connectivity index (χ4n) is 1.94. The maximum Gasteiger partial charge on any atom is 0.272 e. The fraction of sp³-hybridized carbons (Fsp3) is 0.118. The first-order valence-electron chi connectivity index (χ1n) is 7.29. The van der Waals surface area contributed by atoms with Gasteiger partial charge in [-0.25, -0.2) is 5.43 Å². The number of anilines is 1. The zero-order chi connectivity index (χ0) is 19.3. The Morgan fingerprint density at radius 2 is 1.58 bits per heavy atom. The first-order valence-corrected chi connectivity index (χ1v) is 8.81. The Morgan fingerprint density at radius 3 is 2.19 bits per heavy atom. The van der Waals surface area contributed by atoms with E-state index in [9.17, 15) is 9.59 Å². The fourth-order valence-corrected chi connectivity index (χ4v) is 2.89. The number of halogens is 4. The molecule has 136 valence electrons. The molecule has 0 aliphatic rings. The standard InChI is InChI=1S/C17H13Cl4N3O2/c1-9(6-16(25)22-15-5-3-11(19)8-14(15)21)23-24-17(26)12-4-2-10(18)7-13(12)20/h2-5,7-8H,6H2,1H3,(H,22,25)(H,24,26)/b23-9-. The molecule has 0 saturated heterocycles. The van der Waals surface area contributed by atoms with Crippen LogP contribution in [0.3, 0.4) is 0 Å². The van der Waals surface area contributed by atoms with Crippen molar-refractivity contribution in [2.24, 2.45) is 5.10 Å². The Labute approximate surface area is 170 Å². The summed E-state index contributed by atoms with van der Waals surface area (Å²) in [4.78, 5) is 24.1. The quantitative estimate of drug-likeness (QED) is 0.488. The van der Waals surface area contributed by atoms with Gasteiger partial charge < -0.3 is 5.32 Å². The number of hydrogen-bond acceptors (Lipinski definition) is 3. The van der Waals surface area contributed by atoms with Crippen LogP contribution in [0.5, 0.6) is 0 Å². The number of nitrogens with one attached hydrogen (secondary N) is 2. The minimum absolute atomic E-state index is 0.0341. The van der Waals surface area contributed by atoms with E-state index in [1.54, 1.807) is 25.1 Å². The third-order valence-electron chi connectivity index (χ3n) is 3.15. The van der Waals surface area contributed by atoms with Gasteiger partial charge in [0.1, 0.15) is 0 Å². The van der Waals surface area contributed by atoms with E-state index in [0.717, 1.165) is 0 Å². The van der Waals surface area contributed by atoms with Crippen molar-refractivity contribution in [3.05, 3.63) is 62.1 Å². The molecule has 0 bridgehead atoms. The molecule has 0 aromatic heterocycles. The summed E-state index contributed by atoms with van der Waals surface area (Å²) in [6.45, 7) is 1.60. The largest absolute Gasteiger partial charge is 0.324 e. The molecular weight excluding hydrogens is 420 g/mol. The Kier molecular flexibility index (Phi) is 7.29. The summed E-state index contributed by atoms with van der Waals surface area (Å²) in [5.41, 5.74) is 3.40. The van der Waals surface area contributed by atoms with Crippen LogP contribution in [0, 0.1) is 0 Å². The Balaban J connectivity index is 1.94. The molecule has 0 aliphatic carbocycles. The molecule has 2 aromatic carbocycles.